The van der Waals surface area contributed by atoms with Crippen LogP contribution >= 0.6 is 0 Å². The Labute approximate surface area is 129 Å². The summed E-state index contributed by atoms with van der Waals surface area (Å²) in [5.41, 5.74) is -0.415. The molecule has 0 saturated carbocycles. The molecule has 0 aliphatic heterocycles. The molecule has 0 radical (unpaired) electrons. The number of carbonyl (C=O) groups is 1. The standard InChI is InChI=1S/C13H14F3N5O2/c1-8(12(22)23)20(2)7-11-17-18-19-21(11)10-5-3-9(4-6-10)13(14,15)16/h3-6,8H,7H2,1-2H3,(H,22,23). The van der Waals surface area contributed by atoms with Crippen LogP contribution in [-0.4, -0.2) is 49.3 Å². The van der Waals surface area contributed by atoms with Gasteiger partial charge in [-0.2, -0.15) is 17.9 Å². The van der Waals surface area contributed by atoms with E-state index in [0.717, 1.165) is 12.1 Å². The maximum atomic E-state index is 12.6. The Bertz CT molecular complexity index is 684. The van der Waals surface area contributed by atoms with E-state index in [4.69, 9.17) is 5.11 Å². The summed E-state index contributed by atoms with van der Waals surface area (Å²) in [5.74, 6) is -0.679. The number of carboxylic acid groups (broad SMARTS) is 1. The van der Waals surface area contributed by atoms with Crippen LogP contribution < -0.4 is 0 Å². The van der Waals surface area contributed by atoms with Crippen LogP contribution in [0.1, 0.15) is 18.3 Å². The minimum atomic E-state index is -4.42. The fraction of sp³-hybridized carbons (Fsp3) is 0.385. The molecule has 1 aromatic carbocycles. The molecule has 2 rings (SSSR count). The van der Waals surface area contributed by atoms with Crippen molar-refractivity contribution in [1.82, 2.24) is 25.1 Å². The van der Waals surface area contributed by atoms with Crippen molar-refractivity contribution >= 4 is 5.97 Å². The first kappa shape index (κ1) is 16.9. The number of aromatic nitrogens is 4. The topological polar surface area (TPSA) is 84.1 Å². The van der Waals surface area contributed by atoms with Crippen molar-refractivity contribution in [2.75, 3.05) is 7.05 Å². The van der Waals surface area contributed by atoms with Crippen LogP contribution in [0.5, 0.6) is 0 Å². The van der Waals surface area contributed by atoms with Gasteiger partial charge in [0.25, 0.3) is 0 Å². The summed E-state index contributed by atoms with van der Waals surface area (Å²) in [6.07, 6.45) is -4.42. The number of tetrazole rings is 1. The summed E-state index contributed by atoms with van der Waals surface area (Å²) >= 11 is 0. The highest BCUT2D eigenvalue weighted by atomic mass is 19.4. The average molecular weight is 329 g/mol. The van der Waals surface area contributed by atoms with Gasteiger partial charge in [0, 0.05) is 0 Å². The summed E-state index contributed by atoms with van der Waals surface area (Å²) in [6.45, 7) is 1.64. The Hall–Kier alpha value is -2.49. The van der Waals surface area contributed by atoms with Crippen molar-refractivity contribution in [3.8, 4) is 5.69 Å². The van der Waals surface area contributed by atoms with E-state index in [1.165, 1.54) is 28.6 Å². The zero-order valence-electron chi connectivity index (χ0n) is 12.3. The normalized spacial score (nSPS) is 13.3. The zero-order valence-corrected chi connectivity index (χ0v) is 12.3. The smallest absolute Gasteiger partial charge is 0.416 e. The maximum absolute atomic E-state index is 12.6. The number of nitrogens with zero attached hydrogens (tertiary/aromatic N) is 5. The molecule has 0 aliphatic rings. The molecule has 0 saturated heterocycles. The highest BCUT2D eigenvalue weighted by Gasteiger charge is 2.30. The molecular formula is C13H14F3N5O2. The van der Waals surface area contributed by atoms with Gasteiger partial charge in [-0.25, -0.2) is 0 Å². The third kappa shape index (κ3) is 3.83. The molecule has 1 heterocycles. The molecular weight excluding hydrogens is 315 g/mol. The van der Waals surface area contributed by atoms with Crippen LogP contribution in [0.25, 0.3) is 5.69 Å². The molecule has 0 spiro atoms. The summed E-state index contributed by atoms with van der Waals surface area (Å²) in [5, 5.41) is 20.0. The Morgan fingerprint density at radius 2 is 1.96 bits per heavy atom. The average Bonchev–Trinajstić information content (AvgIpc) is 2.93. The van der Waals surface area contributed by atoms with Crippen molar-refractivity contribution in [3.63, 3.8) is 0 Å². The highest BCUT2D eigenvalue weighted by molar-refractivity contribution is 5.72. The van der Waals surface area contributed by atoms with Crippen LogP contribution in [0.3, 0.4) is 0 Å². The number of carboxylic acids is 1. The lowest BCUT2D eigenvalue weighted by atomic mass is 10.2. The third-order valence-corrected chi connectivity index (χ3v) is 3.38. The summed E-state index contributed by atoms with van der Waals surface area (Å²) in [4.78, 5) is 12.5. The Balaban J connectivity index is 2.22. The van der Waals surface area contributed by atoms with E-state index in [-0.39, 0.29) is 6.54 Å². The SMILES string of the molecule is CC(C(=O)O)N(C)Cc1nnnn1-c1ccc(C(F)(F)F)cc1. The van der Waals surface area contributed by atoms with Gasteiger partial charge in [-0.15, -0.1) is 5.10 Å². The van der Waals surface area contributed by atoms with Crippen LogP contribution in [-0.2, 0) is 17.5 Å². The number of rotatable bonds is 5. The molecule has 7 nitrogen and oxygen atoms in total. The van der Waals surface area contributed by atoms with Gasteiger partial charge >= 0.3 is 12.1 Å². The molecule has 1 unspecified atom stereocenters. The predicted octanol–water partition coefficient (Wildman–Crippen LogP) is 1.59. The zero-order chi connectivity index (χ0) is 17.2. The second-order valence-corrected chi connectivity index (χ2v) is 4.98. The second-order valence-electron chi connectivity index (χ2n) is 4.98. The minimum Gasteiger partial charge on any atom is -0.480 e. The van der Waals surface area contributed by atoms with Gasteiger partial charge in [-0.3, -0.25) is 9.69 Å². The van der Waals surface area contributed by atoms with Crippen molar-refractivity contribution in [2.45, 2.75) is 25.7 Å². The molecule has 0 fully saturated rings. The number of benzene rings is 1. The molecule has 1 aromatic heterocycles. The number of halogens is 3. The highest BCUT2D eigenvalue weighted by Crippen LogP contribution is 2.29. The Morgan fingerprint density at radius 3 is 2.48 bits per heavy atom. The molecule has 0 bridgehead atoms. The van der Waals surface area contributed by atoms with Crippen molar-refractivity contribution < 1.29 is 23.1 Å². The molecule has 124 valence electrons. The summed E-state index contributed by atoms with van der Waals surface area (Å²) in [7, 11) is 1.59. The number of aliphatic carboxylic acids is 1. The fourth-order valence-electron chi connectivity index (χ4n) is 1.85. The lowest BCUT2D eigenvalue weighted by molar-refractivity contribution is -0.142. The van der Waals surface area contributed by atoms with Gasteiger partial charge in [0.1, 0.15) is 6.04 Å². The largest absolute Gasteiger partial charge is 0.480 e. The van der Waals surface area contributed by atoms with Gasteiger partial charge in [0.2, 0.25) is 0 Å². The van der Waals surface area contributed by atoms with Crippen molar-refractivity contribution in [1.29, 1.82) is 0 Å². The Kier molecular flexibility index (Phi) is 4.64. The minimum absolute atomic E-state index is 0.126. The van der Waals surface area contributed by atoms with Gasteiger partial charge in [-0.05, 0) is 48.7 Å². The second kappa shape index (κ2) is 6.32. The van der Waals surface area contributed by atoms with Crippen molar-refractivity contribution in [2.24, 2.45) is 0 Å². The lowest BCUT2D eigenvalue weighted by Gasteiger charge is -2.20. The van der Waals surface area contributed by atoms with E-state index >= 15 is 0 Å². The van der Waals surface area contributed by atoms with E-state index in [1.807, 2.05) is 0 Å². The van der Waals surface area contributed by atoms with Crippen LogP contribution in [0.2, 0.25) is 0 Å². The molecule has 1 N–H and O–H groups in total. The van der Waals surface area contributed by atoms with Crippen molar-refractivity contribution in [3.05, 3.63) is 35.7 Å². The molecule has 10 heteroatoms. The van der Waals surface area contributed by atoms with E-state index in [0.29, 0.717) is 11.5 Å². The monoisotopic (exact) mass is 329 g/mol. The van der Waals surface area contributed by atoms with E-state index in [1.54, 1.807) is 7.05 Å². The molecule has 23 heavy (non-hydrogen) atoms. The van der Waals surface area contributed by atoms with E-state index in [9.17, 15) is 18.0 Å². The first-order chi connectivity index (χ1) is 10.7. The number of hydrogen-bond acceptors (Lipinski definition) is 5. The van der Waals surface area contributed by atoms with Gasteiger partial charge in [0.15, 0.2) is 5.82 Å². The first-order valence-corrected chi connectivity index (χ1v) is 6.58. The van der Waals surface area contributed by atoms with Gasteiger partial charge in [0.05, 0.1) is 17.8 Å². The molecule has 2 aromatic rings. The number of likely N-dealkylation sites (N-methyl/N-ethyl adjacent to an activating group) is 1. The quantitative estimate of drug-likeness (QED) is 0.897. The summed E-state index contributed by atoms with van der Waals surface area (Å²) in [6, 6.07) is 3.62. The van der Waals surface area contributed by atoms with Crippen LogP contribution in [0, 0.1) is 0 Å². The molecule has 1 atom stereocenters. The lowest BCUT2D eigenvalue weighted by Crippen LogP contribution is -2.36. The fourth-order valence-corrected chi connectivity index (χ4v) is 1.85. The van der Waals surface area contributed by atoms with E-state index < -0.39 is 23.8 Å². The molecule has 0 amide bonds. The number of hydrogen-bond donors (Lipinski definition) is 1. The Morgan fingerprint density at radius 1 is 1.35 bits per heavy atom. The number of alkyl halides is 3. The van der Waals surface area contributed by atoms with E-state index in [2.05, 4.69) is 15.5 Å². The van der Waals surface area contributed by atoms with Gasteiger partial charge in [-0.1, -0.05) is 0 Å². The van der Waals surface area contributed by atoms with Gasteiger partial charge < -0.3 is 5.11 Å². The van der Waals surface area contributed by atoms with Crippen LogP contribution in [0.15, 0.2) is 24.3 Å². The maximum Gasteiger partial charge on any atom is 0.416 e. The summed E-state index contributed by atoms with van der Waals surface area (Å²) < 4.78 is 39.0. The predicted molar refractivity (Wildman–Crippen MR) is 72.7 cm³/mol. The molecule has 0 aliphatic carbocycles. The first-order valence-electron chi connectivity index (χ1n) is 6.58. The third-order valence-electron chi connectivity index (χ3n) is 3.38. The van der Waals surface area contributed by atoms with Crippen LogP contribution in [0.4, 0.5) is 13.2 Å².